The number of rotatable bonds is 8. The third kappa shape index (κ3) is 8.42. The summed E-state index contributed by atoms with van der Waals surface area (Å²) < 4.78 is 10.1. The highest BCUT2D eigenvalue weighted by Gasteiger charge is 2.20. The molecule has 0 aromatic heterocycles. The fraction of sp³-hybridized carbons (Fsp3) is 0.500. The van der Waals surface area contributed by atoms with E-state index in [9.17, 15) is 9.59 Å². The smallest absolute Gasteiger partial charge is 0.344 e. The Morgan fingerprint density at radius 3 is 2.35 bits per heavy atom. The van der Waals surface area contributed by atoms with E-state index >= 15 is 0 Å². The number of benzene rings is 1. The van der Waals surface area contributed by atoms with Crippen molar-refractivity contribution < 1.29 is 19.1 Å². The zero-order valence-electron chi connectivity index (χ0n) is 13.8. The predicted octanol–water partition coefficient (Wildman–Crippen LogP) is 1.45. The van der Waals surface area contributed by atoms with Gasteiger partial charge in [-0.25, -0.2) is 4.79 Å². The topological polar surface area (TPSA) is 90.6 Å². The Labute approximate surface area is 143 Å². The number of carbonyl (C=O) groups is 2. The summed E-state index contributed by atoms with van der Waals surface area (Å²) in [4.78, 5) is 22.8. The summed E-state index contributed by atoms with van der Waals surface area (Å²) in [7, 11) is 0. The molecule has 1 aromatic rings. The third-order valence-corrected chi connectivity index (χ3v) is 2.87. The maximum atomic E-state index is 11.6. The van der Waals surface area contributed by atoms with Gasteiger partial charge >= 0.3 is 5.97 Å². The number of hydrogen-bond donors (Lipinski definition) is 2. The van der Waals surface area contributed by atoms with Gasteiger partial charge < -0.3 is 20.5 Å². The lowest BCUT2D eigenvalue weighted by atomic mass is 10.1. The van der Waals surface area contributed by atoms with Gasteiger partial charge in [-0.05, 0) is 44.9 Å². The number of hydrogen-bond acceptors (Lipinski definition) is 5. The van der Waals surface area contributed by atoms with Gasteiger partial charge in [0, 0.05) is 6.54 Å². The van der Waals surface area contributed by atoms with E-state index in [1.54, 1.807) is 32.9 Å². The number of nitrogens with one attached hydrogen (secondary N) is 1. The van der Waals surface area contributed by atoms with Crippen molar-refractivity contribution in [1.29, 1.82) is 0 Å². The average molecular weight is 345 g/mol. The first-order valence-corrected chi connectivity index (χ1v) is 7.27. The van der Waals surface area contributed by atoms with Gasteiger partial charge in [-0.3, -0.25) is 4.79 Å². The Morgan fingerprint density at radius 2 is 1.83 bits per heavy atom. The second-order valence-corrected chi connectivity index (χ2v) is 5.47. The number of esters is 1. The molecular formula is C16H25ClN2O4. The van der Waals surface area contributed by atoms with E-state index in [0.29, 0.717) is 25.3 Å². The minimum Gasteiger partial charge on any atom is -0.482 e. The summed E-state index contributed by atoms with van der Waals surface area (Å²) in [6, 6.07) is 7.34. The molecule has 0 atom stereocenters. The van der Waals surface area contributed by atoms with Gasteiger partial charge in [-0.1, -0.05) is 12.1 Å². The zero-order valence-corrected chi connectivity index (χ0v) is 14.6. The van der Waals surface area contributed by atoms with Gasteiger partial charge in [-0.2, -0.15) is 0 Å². The Morgan fingerprint density at radius 1 is 1.22 bits per heavy atom. The van der Waals surface area contributed by atoms with E-state index in [1.807, 2.05) is 12.1 Å². The van der Waals surface area contributed by atoms with E-state index in [4.69, 9.17) is 15.2 Å². The first-order valence-electron chi connectivity index (χ1n) is 7.27. The van der Waals surface area contributed by atoms with E-state index in [1.165, 1.54) is 0 Å². The largest absolute Gasteiger partial charge is 0.482 e. The third-order valence-electron chi connectivity index (χ3n) is 2.87. The molecule has 0 spiro atoms. The Balaban J connectivity index is 0.00000484. The molecule has 0 saturated carbocycles. The molecule has 0 aliphatic carbocycles. The normalized spacial score (nSPS) is 10.4. The van der Waals surface area contributed by atoms with Crippen LogP contribution in [0.3, 0.4) is 0 Å². The van der Waals surface area contributed by atoms with E-state index in [-0.39, 0.29) is 24.9 Å². The van der Waals surface area contributed by atoms with Crippen molar-refractivity contribution in [2.24, 2.45) is 5.73 Å². The van der Waals surface area contributed by atoms with Crippen LogP contribution in [0.15, 0.2) is 24.3 Å². The molecule has 130 valence electrons. The Kier molecular flexibility index (Phi) is 9.29. The molecule has 0 heterocycles. The average Bonchev–Trinajstić information content (AvgIpc) is 2.45. The molecule has 23 heavy (non-hydrogen) atoms. The summed E-state index contributed by atoms with van der Waals surface area (Å²) in [5.74, 6) is 0.0320. The molecular weight excluding hydrogens is 320 g/mol. The monoisotopic (exact) mass is 344 g/mol. The molecule has 0 aliphatic heterocycles. The molecule has 0 bridgehead atoms. The number of amides is 1. The van der Waals surface area contributed by atoms with Gasteiger partial charge in [0.25, 0.3) is 0 Å². The molecule has 6 nitrogen and oxygen atoms in total. The quantitative estimate of drug-likeness (QED) is 0.696. The minimum atomic E-state index is -0.870. The lowest BCUT2D eigenvalue weighted by Gasteiger charge is -2.17. The number of halogens is 1. The second kappa shape index (κ2) is 10.1. The second-order valence-electron chi connectivity index (χ2n) is 5.47. The standard InChI is InChI=1S/C16H24N2O4.ClH/c1-4-21-14(19)11-22-13-7-5-12(6-8-13)9-10-18-15(20)16(2,3)17;/h5-8H,4,9-11,17H2,1-3H3,(H,18,20);1H. The first-order chi connectivity index (χ1) is 10.3. The van der Waals surface area contributed by atoms with Crippen molar-refractivity contribution in [3.05, 3.63) is 29.8 Å². The fourth-order valence-corrected chi connectivity index (χ4v) is 1.65. The lowest BCUT2D eigenvalue weighted by Crippen LogP contribution is -2.49. The van der Waals surface area contributed by atoms with Crippen LogP contribution in [-0.2, 0) is 20.7 Å². The van der Waals surface area contributed by atoms with Gasteiger partial charge in [0.2, 0.25) is 5.91 Å². The van der Waals surface area contributed by atoms with Crippen molar-refractivity contribution in [2.45, 2.75) is 32.7 Å². The Bertz CT molecular complexity index is 498. The predicted molar refractivity (Wildman–Crippen MR) is 90.8 cm³/mol. The number of nitrogens with two attached hydrogens (primary N) is 1. The van der Waals surface area contributed by atoms with Gasteiger partial charge in [0.15, 0.2) is 6.61 Å². The molecule has 1 rings (SSSR count). The number of carbonyl (C=O) groups excluding carboxylic acids is 2. The van der Waals surface area contributed by atoms with Crippen molar-refractivity contribution in [2.75, 3.05) is 19.8 Å². The molecule has 3 N–H and O–H groups in total. The molecule has 1 amide bonds. The van der Waals surface area contributed by atoms with Crippen molar-refractivity contribution in [3.8, 4) is 5.75 Å². The van der Waals surface area contributed by atoms with E-state index < -0.39 is 11.5 Å². The summed E-state index contributed by atoms with van der Waals surface area (Å²) in [5.41, 5.74) is 5.88. The van der Waals surface area contributed by atoms with Gasteiger partial charge in [-0.15, -0.1) is 12.4 Å². The van der Waals surface area contributed by atoms with Crippen molar-refractivity contribution in [1.82, 2.24) is 5.32 Å². The zero-order chi connectivity index (χ0) is 16.6. The molecule has 0 aliphatic rings. The van der Waals surface area contributed by atoms with E-state index in [0.717, 1.165) is 5.56 Å². The van der Waals surface area contributed by atoms with Crippen LogP contribution in [-0.4, -0.2) is 37.2 Å². The van der Waals surface area contributed by atoms with Crippen LogP contribution in [0.25, 0.3) is 0 Å². The first kappa shape index (κ1) is 21.2. The lowest BCUT2D eigenvalue weighted by molar-refractivity contribution is -0.145. The highest BCUT2D eigenvalue weighted by molar-refractivity contribution is 5.85. The molecule has 7 heteroatoms. The maximum Gasteiger partial charge on any atom is 0.344 e. The molecule has 0 fully saturated rings. The molecule has 1 aromatic carbocycles. The molecule has 0 saturated heterocycles. The Hall–Kier alpha value is -1.79. The van der Waals surface area contributed by atoms with Crippen LogP contribution in [0.5, 0.6) is 5.75 Å². The molecule has 0 radical (unpaired) electrons. The van der Waals surface area contributed by atoms with Crippen molar-refractivity contribution in [3.63, 3.8) is 0 Å². The summed E-state index contributed by atoms with van der Waals surface area (Å²) in [6.07, 6.45) is 0.694. The van der Waals surface area contributed by atoms with E-state index in [2.05, 4.69) is 5.32 Å². The summed E-state index contributed by atoms with van der Waals surface area (Å²) >= 11 is 0. The van der Waals surface area contributed by atoms with Crippen LogP contribution in [0.1, 0.15) is 26.3 Å². The minimum absolute atomic E-state index is 0. The van der Waals surface area contributed by atoms with Crippen LogP contribution in [0, 0.1) is 0 Å². The number of ether oxygens (including phenoxy) is 2. The molecule has 0 unspecified atom stereocenters. The highest BCUT2D eigenvalue weighted by atomic mass is 35.5. The maximum absolute atomic E-state index is 11.6. The van der Waals surface area contributed by atoms with Crippen LogP contribution >= 0.6 is 12.4 Å². The van der Waals surface area contributed by atoms with Crippen LogP contribution < -0.4 is 15.8 Å². The summed E-state index contributed by atoms with van der Waals surface area (Å²) in [6.45, 7) is 5.83. The summed E-state index contributed by atoms with van der Waals surface area (Å²) in [5, 5.41) is 2.78. The van der Waals surface area contributed by atoms with Gasteiger partial charge in [0.1, 0.15) is 5.75 Å². The van der Waals surface area contributed by atoms with Crippen LogP contribution in [0.2, 0.25) is 0 Å². The fourth-order valence-electron chi connectivity index (χ4n) is 1.65. The highest BCUT2D eigenvalue weighted by Crippen LogP contribution is 2.12. The SMILES string of the molecule is CCOC(=O)COc1ccc(CCNC(=O)C(C)(C)N)cc1.Cl. The van der Waals surface area contributed by atoms with Crippen LogP contribution in [0.4, 0.5) is 0 Å². The van der Waals surface area contributed by atoms with Gasteiger partial charge in [0.05, 0.1) is 12.1 Å². The van der Waals surface area contributed by atoms with Crippen molar-refractivity contribution >= 4 is 24.3 Å².